The first-order valence-corrected chi connectivity index (χ1v) is 12.0. The van der Waals surface area contributed by atoms with Crippen LogP contribution in [0.2, 0.25) is 0 Å². The molecule has 184 valence electrons. The molecule has 0 N–H and O–H groups in total. The van der Waals surface area contributed by atoms with Gasteiger partial charge in [-0.3, -0.25) is 14.2 Å². The molecule has 2 aromatic carbocycles. The number of ether oxygens (including phenoxy) is 4. The van der Waals surface area contributed by atoms with Gasteiger partial charge in [0.05, 0.1) is 28.5 Å². The Bertz CT molecular complexity index is 1580. The molecule has 0 bridgehead atoms. The van der Waals surface area contributed by atoms with Crippen LogP contribution in [0.1, 0.15) is 37.9 Å². The van der Waals surface area contributed by atoms with Gasteiger partial charge in [0, 0.05) is 6.92 Å². The molecular weight excluding hydrogens is 484 g/mol. The summed E-state index contributed by atoms with van der Waals surface area (Å²) in [5.74, 6) is 0.616. The van der Waals surface area contributed by atoms with Crippen LogP contribution in [0, 0.1) is 0 Å². The van der Waals surface area contributed by atoms with Gasteiger partial charge in [-0.25, -0.2) is 9.79 Å². The highest BCUT2D eigenvalue weighted by Gasteiger charge is 2.34. The summed E-state index contributed by atoms with van der Waals surface area (Å²) in [4.78, 5) is 42.9. The molecule has 1 unspecified atom stereocenters. The zero-order chi connectivity index (χ0) is 25.4. The van der Waals surface area contributed by atoms with Crippen molar-refractivity contribution in [2.45, 2.75) is 26.8 Å². The van der Waals surface area contributed by atoms with Crippen LogP contribution in [0.25, 0.3) is 6.08 Å². The third-order valence-corrected chi connectivity index (χ3v) is 6.65. The molecule has 36 heavy (non-hydrogen) atoms. The van der Waals surface area contributed by atoms with Crippen LogP contribution in [0.4, 0.5) is 0 Å². The largest absolute Gasteiger partial charge is 0.463 e. The molecule has 5 rings (SSSR count). The standard InChI is InChI=1S/C26H22N2O7S/c1-4-32-25(31)22-14(2)27-26-28(23(22)17-7-10-19-20(12-17)34-13-33-19)24(30)21(36-26)11-16-5-8-18(9-6-16)35-15(3)29/h5-12,23H,4,13H2,1-3H3/b21-11+. The van der Waals surface area contributed by atoms with E-state index < -0.39 is 18.0 Å². The van der Waals surface area contributed by atoms with E-state index in [1.165, 1.54) is 22.8 Å². The number of aromatic nitrogens is 1. The summed E-state index contributed by atoms with van der Waals surface area (Å²) in [5.41, 5.74) is 1.90. The SMILES string of the molecule is CCOC(=O)C1=C(C)N=c2s/c(=C/c3ccc(OC(C)=O)cc3)c(=O)n2C1c1ccc2c(c1)OCO2. The topological polar surface area (TPSA) is 105 Å². The maximum Gasteiger partial charge on any atom is 0.338 e. The number of allylic oxidation sites excluding steroid dienone is 1. The van der Waals surface area contributed by atoms with Gasteiger partial charge < -0.3 is 18.9 Å². The Labute approximate surface area is 209 Å². The van der Waals surface area contributed by atoms with E-state index in [9.17, 15) is 14.4 Å². The van der Waals surface area contributed by atoms with Crippen LogP contribution in [0.15, 0.2) is 63.5 Å². The number of fused-ring (bicyclic) bond motifs is 2. The highest BCUT2D eigenvalue weighted by atomic mass is 32.1. The molecule has 0 spiro atoms. The number of rotatable bonds is 5. The third-order valence-electron chi connectivity index (χ3n) is 5.67. The number of thiazole rings is 1. The second-order valence-electron chi connectivity index (χ2n) is 8.08. The fraction of sp³-hybridized carbons (Fsp3) is 0.231. The van der Waals surface area contributed by atoms with Crippen LogP contribution in [-0.2, 0) is 14.3 Å². The number of carbonyl (C=O) groups is 2. The fourth-order valence-corrected chi connectivity index (χ4v) is 5.19. The van der Waals surface area contributed by atoms with Crippen LogP contribution in [0.5, 0.6) is 17.2 Å². The molecule has 3 aromatic rings. The molecule has 9 nitrogen and oxygen atoms in total. The average molecular weight is 507 g/mol. The predicted molar refractivity (Wildman–Crippen MR) is 131 cm³/mol. The van der Waals surface area contributed by atoms with Gasteiger partial charge in [0.1, 0.15) is 5.75 Å². The molecule has 1 aromatic heterocycles. The number of hydrogen-bond donors (Lipinski definition) is 0. The summed E-state index contributed by atoms with van der Waals surface area (Å²) >= 11 is 1.23. The smallest absolute Gasteiger partial charge is 0.338 e. The molecule has 0 radical (unpaired) electrons. The molecule has 2 aliphatic heterocycles. The Morgan fingerprint density at radius 3 is 2.64 bits per heavy atom. The lowest BCUT2D eigenvalue weighted by Gasteiger charge is -2.24. The zero-order valence-corrected chi connectivity index (χ0v) is 20.6. The molecule has 0 saturated heterocycles. The molecule has 0 fully saturated rings. The quantitative estimate of drug-likeness (QED) is 0.387. The summed E-state index contributed by atoms with van der Waals surface area (Å²) in [5, 5.41) is 0. The highest BCUT2D eigenvalue weighted by molar-refractivity contribution is 7.07. The zero-order valence-electron chi connectivity index (χ0n) is 19.8. The Balaban J connectivity index is 1.64. The van der Waals surface area contributed by atoms with Crippen LogP contribution in [-0.4, -0.2) is 29.9 Å². The van der Waals surface area contributed by atoms with Crippen LogP contribution >= 0.6 is 11.3 Å². The molecule has 0 saturated carbocycles. The van der Waals surface area contributed by atoms with E-state index in [4.69, 9.17) is 18.9 Å². The maximum absolute atomic E-state index is 13.7. The van der Waals surface area contributed by atoms with E-state index in [2.05, 4.69) is 4.99 Å². The van der Waals surface area contributed by atoms with Gasteiger partial charge in [0.2, 0.25) is 6.79 Å². The van der Waals surface area contributed by atoms with Gasteiger partial charge in [-0.1, -0.05) is 29.5 Å². The molecule has 0 amide bonds. The molecule has 1 atom stereocenters. The van der Waals surface area contributed by atoms with Gasteiger partial charge in [0.25, 0.3) is 5.56 Å². The first-order chi connectivity index (χ1) is 17.4. The highest BCUT2D eigenvalue weighted by Crippen LogP contribution is 2.38. The van der Waals surface area contributed by atoms with E-state index in [0.29, 0.717) is 43.4 Å². The van der Waals surface area contributed by atoms with Crippen molar-refractivity contribution >= 4 is 29.4 Å². The van der Waals surface area contributed by atoms with Crippen molar-refractivity contribution in [3.05, 3.63) is 84.5 Å². The van der Waals surface area contributed by atoms with E-state index in [0.717, 1.165) is 5.56 Å². The Morgan fingerprint density at radius 1 is 1.17 bits per heavy atom. The Hall–Kier alpha value is -4.18. The van der Waals surface area contributed by atoms with Gasteiger partial charge in [-0.2, -0.15) is 0 Å². The molecule has 0 aliphatic carbocycles. The number of esters is 2. The van der Waals surface area contributed by atoms with Gasteiger partial charge in [-0.15, -0.1) is 0 Å². The van der Waals surface area contributed by atoms with Crippen LogP contribution < -0.4 is 29.1 Å². The number of nitrogens with zero attached hydrogens (tertiary/aromatic N) is 2. The number of hydrogen-bond acceptors (Lipinski definition) is 9. The van der Waals surface area contributed by atoms with E-state index in [1.807, 2.05) is 0 Å². The van der Waals surface area contributed by atoms with E-state index in [1.54, 1.807) is 62.4 Å². The van der Waals surface area contributed by atoms with Crippen molar-refractivity contribution in [2.24, 2.45) is 4.99 Å². The summed E-state index contributed by atoms with van der Waals surface area (Å²) in [6.07, 6.45) is 1.74. The third kappa shape index (κ3) is 4.31. The fourth-order valence-electron chi connectivity index (χ4n) is 4.14. The lowest BCUT2D eigenvalue weighted by Crippen LogP contribution is -2.39. The van der Waals surface area contributed by atoms with Crippen LogP contribution in [0.3, 0.4) is 0 Å². The summed E-state index contributed by atoms with van der Waals surface area (Å²) < 4.78 is 23.3. The predicted octanol–water partition coefficient (Wildman–Crippen LogP) is 2.45. The van der Waals surface area contributed by atoms with E-state index in [-0.39, 0.29) is 19.0 Å². The minimum absolute atomic E-state index is 0.109. The number of carbonyl (C=O) groups excluding carboxylic acids is 2. The molecule has 10 heteroatoms. The lowest BCUT2D eigenvalue weighted by atomic mass is 9.95. The Morgan fingerprint density at radius 2 is 1.92 bits per heavy atom. The van der Waals surface area contributed by atoms with E-state index >= 15 is 0 Å². The second kappa shape index (κ2) is 9.46. The van der Waals surface area contributed by atoms with Gasteiger partial charge >= 0.3 is 11.9 Å². The molecular formula is C26H22N2O7S. The summed E-state index contributed by atoms with van der Waals surface area (Å²) in [6, 6.07) is 11.4. The lowest BCUT2D eigenvalue weighted by molar-refractivity contribution is -0.139. The van der Waals surface area contributed by atoms with Gasteiger partial charge in [-0.05, 0) is 55.3 Å². The van der Waals surface area contributed by atoms with Crippen molar-refractivity contribution in [1.82, 2.24) is 4.57 Å². The second-order valence-corrected chi connectivity index (χ2v) is 9.09. The first-order valence-electron chi connectivity index (χ1n) is 11.2. The van der Waals surface area contributed by atoms with Gasteiger partial charge in [0.15, 0.2) is 16.3 Å². The molecule has 2 aliphatic rings. The Kier molecular flexibility index (Phi) is 6.19. The monoisotopic (exact) mass is 506 g/mol. The minimum Gasteiger partial charge on any atom is -0.463 e. The van der Waals surface area contributed by atoms with Crippen molar-refractivity contribution in [2.75, 3.05) is 13.4 Å². The normalized spacial score (nSPS) is 16.4. The first kappa shape index (κ1) is 23.6. The minimum atomic E-state index is -0.747. The summed E-state index contributed by atoms with van der Waals surface area (Å²) in [7, 11) is 0. The van der Waals surface area contributed by atoms with Crippen molar-refractivity contribution in [1.29, 1.82) is 0 Å². The van der Waals surface area contributed by atoms with Crippen molar-refractivity contribution in [3.63, 3.8) is 0 Å². The summed E-state index contributed by atoms with van der Waals surface area (Å²) in [6.45, 7) is 5.09. The van der Waals surface area contributed by atoms with Crippen molar-refractivity contribution in [3.8, 4) is 17.2 Å². The average Bonchev–Trinajstić information content (AvgIpc) is 3.43. The maximum atomic E-state index is 13.7. The molecule has 3 heterocycles. The number of benzene rings is 2. The van der Waals surface area contributed by atoms with Crippen molar-refractivity contribution < 1.29 is 28.5 Å².